The maximum absolute atomic E-state index is 12.8. The highest BCUT2D eigenvalue weighted by molar-refractivity contribution is 5.96. The second-order valence-corrected chi connectivity index (χ2v) is 7.63. The minimum Gasteiger partial charge on any atom is -0.482 e. The van der Waals surface area contributed by atoms with E-state index in [-0.39, 0.29) is 24.6 Å². The number of nitrogens with zero attached hydrogens (tertiary/aromatic N) is 1. The van der Waals surface area contributed by atoms with Crippen molar-refractivity contribution >= 4 is 23.3 Å². The van der Waals surface area contributed by atoms with E-state index in [4.69, 9.17) is 15.2 Å². The first-order valence-electron chi connectivity index (χ1n) is 10.2. The Balaban J connectivity index is 1.42. The molecule has 0 aromatic heterocycles. The third-order valence-electron chi connectivity index (χ3n) is 5.59. The molecule has 0 bridgehead atoms. The number of esters is 1. The first kappa shape index (κ1) is 19.3. The van der Waals surface area contributed by atoms with E-state index in [0.29, 0.717) is 23.5 Å². The van der Waals surface area contributed by atoms with Gasteiger partial charge in [0.15, 0.2) is 6.61 Å². The lowest BCUT2D eigenvalue weighted by molar-refractivity contribution is -0.120. The smallest absolute Gasteiger partial charge is 0.338 e. The lowest BCUT2D eigenvalue weighted by atomic mass is 10.0. The van der Waals surface area contributed by atoms with Gasteiger partial charge in [-0.05, 0) is 68.4 Å². The lowest BCUT2D eigenvalue weighted by Crippen LogP contribution is -2.38. The zero-order valence-electron chi connectivity index (χ0n) is 16.4. The summed E-state index contributed by atoms with van der Waals surface area (Å²) in [6.45, 7) is 0.530. The van der Waals surface area contributed by atoms with E-state index in [9.17, 15) is 9.59 Å². The summed E-state index contributed by atoms with van der Waals surface area (Å²) in [7, 11) is 0. The summed E-state index contributed by atoms with van der Waals surface area (Å²) >= 11 is 0. The fourth-order valence-electron chi connectivity index (χ4n) is 4.02. The Morgan fingerprint density at radius 1 is 1.07 bits per heavy atom. The highest BCUT2D eigenvalue weighted by Crippen LogP contribution is 2.28. The summed E-state index contributed by atoms with van der Waals surface area (Å²) in [6.07, 6.45) is 5.90. The number of fused-ring (bicyclic) bond motifs is 1. The van der Waals surface area contributed by atoms with Crippen LogP contribution in [0, 0.1) is 0 Å². The number of nitrogen functional groups attached to an aromatic ring is 1. The Morgan fingerprint density at radius 3 is 2.69 bits per heavy atom. The van der Waals surface area contributed by atoms with E-state index >= 15 is 0 Å². The van der Waals surface area contributed by atoms with Crippen LogP contribution in [-0.4, -0.2) is 31.1 Å². The van der Waals surface area contributed by atoms with Gasteiger partial charge in [-0.1, -0.05) is 18.2 Å². The maximum atomic E-state index is 12.8. The second kappa shape index (κ2) is 8.55. The minimum absolute atomic E-state index is 0.00910. The van der Waals surface area contributed by atoms with Crippen LogP contribution in [0.4, 0.5) is 11.4 Å². The topological polar surface area (TPSA) is 81.9 Å². The number of hydrogen-bond acceptors (Lipinski definition) is 5. The van der Waals surface area contributed by atoms with Gasteiger partial charge in [-0.3, -0.25) is 4.79 Å². The molecule has 152 valence electrons. The van der Waals surface area contributed by atoms with Gasteiger partial charge in [-0.25, -0.2) is 4.79 Å². The molecule has 2 aromatic rings. The van der Waals surface area contributed by atoms with E-state index in [1.54, 1.807) is 23.1 Å². The molecule has 0 spiro atoms. The van der Waals surface area contributed by atoms with Crippen molar-refractivity contribution in [2.24, 2.45) is 0 Å². The Labute approximate surface area is 170 Å². The standard InChI is InChI=1S/C23H26N2O4/c24-19-12-11-17(23(27)29-18-8-2-3-9-18)14-21(19)28-15-22(26)25-13-5-7-16-6-1-4-10-20(16)25/h1,4,6,10-12,14,18H,2-3,5,7-9,13,15,24H2. The largest absolute Gasteiger partial charge is 0.482 e. The van der Waals surface area contributed by atoms with Gasteiger partial charge < -0.3 is 20.1 Å². The molecule has 1 aliphatic carbocycles. The zero-order valence-corrected chi connectivity index (χ0v) is 16.4. The SMILES string of the molecule is Nc1ccc(C(=O)OC2CCCC2)cc1OCC(=O)N1CCCc2ccccc21. The highest BCUT2D eigenvalue weighted by Gasteiger charge is 2.23. The molecule has 2 N–H and O–H groups in total. The number of hydrogen-bond donors (Lipinski definition) is 1. The fraction of sp³-hybridized carbons (Fsp3) is 0.391. The molecule has 1 heterocycles. The van der Waals surface area contributed by atoms with Crippen LogP contribution in [0.25, 0.3) is 0 Å². The maximum Gasteiger partial charge on any atom is 0.338 e. The van der Waals surface area contributed by atoms with Crippen LogP contribution < -0.4 is 15.4 Å². The summed E-state index contributed by atoms with van der Waals surface area (Å²) in [5.41, 5.74) is 8.87. The Morgan fingerprint density at radius 2 is 1.86 bits per heavy atom. The molecule has 1 amide bonds. The van der Waals surface area contributed by atoms with E-state index < -0.39 is 0 Å². The highest BCUT2D eigenvalue weighted by atomic mass is 16.5. The van der Waals surface area contributed by atoms with Crippen molar-refractivity contribution < 1.29 is 19.1 Å². The van der Waals surface area contributed by atoms with Crippen LogP contribution in [0.1, 0.15) is 48.0 Å². The van der Waals surface area contributed by atoms with Crippen LogP contribution in [-0.2, 0) is 16.0 Å². The predicted molar refractivity (Wildman–Crippen MR) is 111 cm³/mol. The van der Waals surface area contributed by atoms with Crippen molar-refractivity contribution in [3.63, 3.8) is 0 Å². The Kier molecular flexibility index (Phi) is 5.69. The van der Waals surface area contributed by atoms with Gasteiger partial charge in [-0.2, -0.15) is 0 Å². The number of nitrogens with two attached hydrogens (primary N) is 1. The minimum atomic E-state index is -0.377. The lowest BCUT2D eigenvalue weighted by Gasteiger charge is -2.29. The first-order valence-corrected chi connectivity index (χ1v) is 10.2. The van der Waals surface area contributed by atoms with Crippen molar-refractivity contribution in [3.8, 4) is 5.75 Å². The van der Waals surface area contributed by atoms with Crippen LogP contribution >= 0.6 is 0 Å². The molecule has 2 aliphatic rings. The zero-order chi connectivity index (χ0) is 20.2. The summed E-state index contributed by atoms with van der Waals surface area (Å²) in [6, 6.07) is 12.7. The average molecular weight is 394 g/mol. The number of amides is 1. The number of anilines is 2. The van der Waals surface area contributed by atoms with Crippen LogP contribution in [0.15, 0.2) is 42.5 Å². The summed E-state index contributed by atoms with van der Waals surface area (Å²) < 4.78 is 11.2. The van der Waals surface area contributed by atoms with Crippen molar-refractivity contribution in [2.45, 2.75) is 44.6 Å². The summed E-state index contributed by atoms with van der Waals surface area (Å²) in [5.74, 6) is -0.182. The molecule has 1 saturated carbocycles. The molecule has 0 radical (unpaired) electrons. The molecular formula is C23H26N2O4. The molecule has 6 nitrogen and oxygen atoms in total. The predicted octanol–water partition coefficient (Wildman–Crippen LogP) is 3.73. The molecule has 1 aliphatic heterocycles. The van der Waals surface area contributed by atoms with Crippen molar-refractivity contribution in [2.75, 3.05) is 23.8 Å². The molecule has 6 heteroatoms. The third kappa shape index (κ3) is 4.36. The van der Waals surface area contributed by atoms with E-state index in [0.717, 1.165) is 44.2 Å². The monoisotopic (exact) mass is 394 g/mol. The molecular weight excluding hydrogens is 368 g/mol. The number of rotatable bonds is 5. The quantitative estimate of drug-likeness (QED) is 0.617. The van der Waals surface area contributed by atoms with Crippen LogP contribution in [0.3, 0.4) is 0 Å². The average Bonchev–Trinajstić information content (AvgIpc) is 3.25. The van der Waals surface area contributed by atoms with Crippen molar-refractivity contribution in [3.05, 3.63) is 53.6 Å². The van der Waals surface area contributed by atoms with E-state index in [2.05, 4.69) is 0 Å². The van der Waals surface area contributed by atoms with Gasteiger partial charge in [-0.15, -0.1) is 0 Å². The number of aryl methyl sites for hydroxylation is 1. The van der Waals surface area contributed by atoms with Crippen molar-refractivity contribution in [1.82, 2.24) is 0 Å². The van der Waals surface area contributed by atoms with E-state index in [1.807, 2.05) is 24.3 Å². The number of benzene rings is 2. The molecule has 0 atom stereocenters. The molecule has 4 rings (SSSR count). The molecule has 0 saturated heterocycles. The summed E-state index contributed by atoms with van der Waals surface area (Å²) in [5, 5.41) is 0. The molecule has 29 heavy (non-hydrogen) atoms. The number of carbonyl (C=O) groups excluding carboxylic acids is 2. The molecule has 2 aromatic carbocycles. The Hall–Kier alpha value is -3.02. The van der Waals surface area contributed by atoms with Gasteiger partial charge in [0.1, 0.15) is 11.9 Å². The number of para-hydroxylation sites is 1. The van der Waals surface area contributed by atoms with E-state index in [1.165, 1.54) is 5.56 Å². The number of carbonyl (C=O) groups is 2. The molecule has 0 unspecified atom stereocenters. The van der Waals surface area contributed by atoms with Crippen LogP contribution in [0.2, 0.25) is 0 Å². The van der Waals surface area contributed by atoms with Crippen molar-refractivity contribution in [1.29, 1.82) is 0 Å². The van der Waals surface area contributed by atoms with Gasteiger partial charge in [0.05, 0.1) is 11.3 Å². The fourth-order valence-corrected chi connectivity index (χ4v) is 4.02. The van der Waals surface area contributed by atoms with Gasteiger partial charge >= 0.3 is 5.97 Å². The third-order valence-corrected chi connectivity index (χ3v) is 5.59. The van der Waals surface area contributed by atoms with Crippen LogP contribution in [0.5, 0.6) is 5.75 Å². The summed E-state index contributed by atoms with van der Waals surface area (Å²) in [4.78, 5) is 26.9. The first-order chi connectivity index (χ1) is 14.1. The normalized spacial score (nSPS) is 16.3. The number of ether oxygens (including phenoxy) is 2. The second-order valence-electron chi connectivity index (χ2n) is 7.63. The van der Waals surface area contributed by atoms with Gasteiger partial charge in [0.2, 0.25) is 0 Å². The van der Waals surface area contributed by atoms with Gasteiger partial charge in [0, 0.05) is 12.2 Å². The Bertz CT molecular complexity index is 906. The van der Waals surface area contributed by atoms with Gasteiger partial charge in [0.25, 0.3) is 5.91 Å². The molecule has 1 fully saturated rings.